The van der Waals surface area contributed by atoms with Crippen LogP contribution in [0.5, 0.6) is 0 Å². The molecule has 0 aliphatic carbocycles. The van der Waals surface area contributed by atoms with Crippen LogP contribution in [0.3, 0.4) is 0 Å². The number of nitrogens with one attached hydrogen (secondary N) is 1. The lowest BCUT2D eigenvalue weighted by Crippen LogP contribution is -2.39. The van der Waals surface area contributed by atoms with Crippen LogP contribution in [0.4, 0.5) is 14.5 Å². The van der Waals surface area contributed by atoms with E-state index in [0.717, 1.165) is 0 Å². The van der Waals surface area contributed by atoms with E-state index in [1.165, 1.54) is 47.4 Å². The van der Waals surface area contributed by atoms with E-state index in [4.69, 9.17) is 11.6 Å². The van der Waals surface area contributed by atoms with Crippen molar-refractivity contribution >= 4 is 29.1 Å². The van der Waals surface area contributed by atoms with E-state index in [1.807, 2.05) is 0 Å². The molecular formula is C22H15ClF2N2O2. The van der Waals surface area contributed by atoms with Gasteiger partial charge in [0.1, 0.15) is 18.2 Å². The van der Waals surface area contributed by atoms with E-state index in [0.29, 0.717) is 21.8 Å². The van der Waals surface area contributed by atoms with Crippen LogP contribution in [-0.2, 0) is 4.79 Å². The summed E-state index contributed by atoms with van der Waals surface area (Å²) in [6.07, 6.45) is 0. The molecule has 1 heterocycles. The Kier molecular flexibility index (Phi) is 5.03. The molecule has 1 aliphatic heterocycles. The highest BCUT2D eigenvalue weighted by atomic mass is 35.5. The van der Waals surface area contributed by atoms with E-state index in [1.54, 1.807) is 24.3 Å². The van der Waals surface area contributed by atoms with Crippen LogP contribution in [0.25, 0.3) is 0 Å². The van der Waals surface area contributed by atoms with Gasteiger partial charge in [-0.05, 0) is 48.0 Å². The number of hydrogen-bond donors (Lipinski definition) is 1. The van der Waals surface area contributed by atoms with Crippen LogP contribution in [0.1, 0.15) is 27.5 Å². The minimum atomic E-state index is -0.768. The van der Waals surface area contributed by atoms with Gasteiger partial charge in [0.05, 0.1) is 11.6 Å². The Hall–Kier alpha value is -3.25. The second-order valence-electron chi connectivity index (χ2n) is 6.65. The van der Waals surface area contributed by atoms with Gasteiger partial charge in [0.25, 0.3) is 5.91 Å². The minimum absolute atomic E-state index is 0.155. The monoisotopic (exact) mass is 412 g/mol. The van der Waals surface area contributed by atoms with Crippen molar-refractivity contribution in [2.75, 3.05) is 11.9 Å². The first-order valence-corrected chi connectivity index (χ1v) is 9.22. The largest absolute Gasteiger partial charge is 0.324 e. The predicted octanol–water partition coefficient (Wildman–Crippen LogP) is 4.80. The predicted molar refractivity (Wildman–Crippen MR) is 106 cm³/mol. The summed E-state index contributed by atoms with van der Waals surface area (Å²) in [6.45, 7) is -0.304. The zero-order valence-electron chi connectivity index (χ0n) is 15.0. The van der Waals surface area contributed by atoms with Crippen molar-refractivity contribution in [3.63, 3.8) is 0 Å². The molecule has 1 aliphatic rings. The Bertz CT molecular complexity index is 1100. The number of fused-ring (bicyclic) bond motifs is 1. The van der Waals surface area contributed by atoms with E-state index < -0.39 is 29.5 Å². The highest BCUT2D eigenvalue weighted by Crippen LogP contribution is 2.38. The third-order valence-electron chi connectivity index (χ3n) is 4.76. The first kappa shape index (κ1) is 19.1. The molecule has 4 rings (SSSR count). The zero-order chi connectivity index (χ0) is 20.5. The van der Waals surface area contributed by atoms with Crippen LogP contribution >= 0.6 is 11.6 Å². The lowest BCUT2D eigenvalue weighted by molar-refractivity contribution is -0.117. The van der Waals surface area contributed by atoms with Crippen molar-refractivity contribution in [2.45, 2.75) is 6.04 Å². The number of carbonyl (C=O) groups is 2. The molecule has 0 radical (unpaired) electrons. The van der Waals surface area contributed by atoms with Gasteiger partial charge in [-0.15, -0.1) is 0 Å². The van der Waals surface area contributed by atoms with Gasteiger partial charge in [-0.3, -0.25) is 9.59 Å². The average molecular weight is 413 g/mol. The smallest absolute Gasteiger partial charge is 0.258 e. The lowest BCUT2D eigenvalue weighted by atomic mass is 9.95. The molecule has 3 aromatic carbocycles. The maximum atomic E-state index is 14.3. The Balaban J connectivity index is 1.91. The van der Waals surface area contributed by atoms with Crippen LogP contribution in [-0.4, -0.2) is 23.3 Å². The summed E-state index contributed by atoms with van der Waals surface area (Å²) in [5.74, 6) is -2.20. The Morgan fingerprint density at radius 2 is 1.76 bits per heavy atom. The van der Waals surface area contributed by atoms with Gasteiger partial charge in [-0.1, -0.05) is 35.9 Å². The molecule has 0 unspecified atom stereocenters. The Morgan fingerprint density at radius 3 is 2.48 bits per heavy atom. The minimum Gasteiger partial charge on any atom is -0.324 e. The highest BCUT2D eigenvalue weighted by molar-refractivity contribution is 6.30. The number of anilines is 1. The second kappa shape index (κ2) is 7.64. The molecule has 2 amide bonds. The van der Waals surface area contributed by atoms with Crippen LogP contribution in [0, 0.1) is 11.6 Å². The van der Waals surface area contributed by atoms with E-state index >= 15 is 0 Å². The molecule has 0 spiro atoms. The number of rotatable bonds is 2. The van der Waals surface area contributed by atoms with Crippen molar-refractivity contribution in [1.82, 2.24) is 4.90 Å². The van der Waals surface area contributed by atoms with Crippen molar-refractivity contribution in [3.05, 3.63) is 100 Å². The molecule has 0 bridgehead atoms. The summed E-state index contributed by atoms with van der Waals surface area (Å²) in [6, 6.07) is 15.3. The fourth-order valence-corrected chi connectivity index (χ4v) is 3.64. The number of amides is 2. The highest BCUT2D eigenvalue weighted by Gasteiger charge is 2.35. The maximum Gasteiger partial charge on any atom is 0.258 e. The molecule has 0 aromatic heterocycles. The molecular weight excluding hydrogens is 398 g/mol. The van der Waals surface area contributed by atoms with Gasteiger partial charge < -0.3 is 10.2 Å². The Morgan fingerprint density at radius 1 is 1.03 bits per heavy atom. The van der Waals surface area contributed by atoms with Gasteiger partial charge in [-0.2, -0.15) is 0 Å². The van der Waals surface area contributed by atoms with Gasteiger partial charge in [0.2, 0.25) is 5.91 Å². The molecule has 0 saturated heterocycles. The second-order valence-corrected chi connectivity index (χ2v) is 7.08. The molecule has 29 heavy (non-hydrogen) atoms. The summed E-state index contributed by atoms with van der Waals surface area (Å²) in [5.41, 5.74) is 1.45. The topological polar surface area (TPSA) is 49.4 Å². The fourth-order valence-electron chi connectivity index (χ4n) is 3.46. The SMILES string of the molecule is O=C1CN(C(=O)c2ccccc2F)[C@H](c2ccc(F)cc2)c2cc(Cl)ccc2N1. The normalized spacial score (nSPS) is 16.0. The first-order chi connectivity index (χ1) is 13.9. The molecule has 3 aromatic rings. The number of halogens is 3. The van der Waals surface area contributed by atoms with Crippen molar-refractivity contribution in [3.8, 4) is 0 Å². The van der Waals surface area contributed by atoms with Crippen molar-refractivity contribution in [2.24, 2.45) is 0 Å². The summed E-state index contributed by atoms with van der Waals surface area (Å²) < 4.78 is 27.8. The van der Waals surface area contributed by atoms with Crippen molar-refractivity contribution in [1.29, 1.82) is 0 Å². The summed E-state index contributed by atoms with van der Waals surface area (Å²) in [5, 5.41) is 3.16. The van der Waals surface area contributed by atoms with E-state index in [-0.39, 0.29) is 12.1 Å². The standard InChI is InChI=1S/C22H15ClF2N2O2/c23-14-7-10-19-17(11-14)21(13-5-8-15(24)9-6-13)27(12-20(28)26-19)22(29)16-3-1-2-4-18(16)25/h1-11,21H,12H2,(H,26,28)/t21-/m1/s1. The quantitative estimate of drug-likeness (QED) is 0.657. The summed E-state index contributed by atoms with van der Waals surface area (Å²) in [4.78, 5) is 27.0. The average Bonchev–Trinajstić information content (AvgIpc) is 2.84. The van der Waals surface area contributed by atoms with Gasteiger partial charge in [0.15, 0.2) is 0 Å². The molecule has 1 atom stereocenters. The number of nitrogens with zero attached hydrogens (tertiary/aromatic N) is 1. The number of carbonyl (C=O) groups excluding carboxylic acids is 2. The van der Waals surface area contributed by atoms with Crippen LogP contribution in [0.2, 0.25) is 5.02 Å². The lowest BCUT2D eigenvalue weighted by Gasteiger charge is -2.31. The summed E-state index contributed by atoms with van der Waals surface area (Å²) in [7, 11) is 0. The zero-order valence-corrected chi connectivity index (χ0v) is 15.8. The molecule has 1 N–H and O–H groups in total. The van der Waals surface area contributed by atoms with Gasteiger partial charge in [-0.25, -0.2) is 8.78 Å². The third-order valence-corrected chi connectivity index (χ3v) is 4.99. The number of hydrogen-bond acceptors (Lipinski definition) is 2. The van der Waals surface area contributed by atoms with Gasteiger partial charge >= 0.3 is 0 Å². The van der Waals surface area contributed by atoms with Crippen LogP contribution in [0.15, 0.2) is 66.7 Å². The molecule has 146 valence electrons. The fraction of sp³-hybridized carbons (Fsp3) is 0.0909. The molecule has 0 fully saturated rings. The Labute approximate surface area is 170 Å². The third kappa shape index (κ3) is 3.71. The number of benzene rings is 3. The molecule has 4 nitrogen and oxygen atoms in total. The molecule has 0 saturated carbocycles. The summed E-state index contributed by atoms with van der Waals surface area (Å²) >= 11 is 6.18. The maximum absolute atomic E-state index is 14.3. The van der Waals surface area contributed by atoms with Crippen LogP contribution < -0.4 is 5.32 Å². The molecule has 7 heteroatoms. The van der Waals surface area contributed by atoms with Crippen molar-refractivity contribution < 1.29 is 18.4 Å². The van der Waals surface area contributed by atoms with E-state index in [2.05, 4.69) is 5.32 Å². The van der Waals surface area contributed by atoms with Gasteiger partial charge in [0, 0.05) is 16.3 Å². The van der Waals surface area contributed by atoms with E-state index in [9.17, 15) is 18.4 Å². The first-order valence-electron chi connectivity index (χ1n) is 8.84.